The first-order chi connectivity index (χ1) is 14.1. The van der Waals surface area contributed by atoms with Gasteiger partial charge < -0.3 is 19.4 Å². The summed E-state index contributed by atoms with van der Waals surface area (Å²) in [5, 5.41) is 22.7. The SMILES string of the molecule is C=C1CC[C@@]2(O)[C@H]3Cc4ccc(O)c5c4[C@@]2(CC[N+]3(C)CC2CC2)[C@H]1O5.O=S(=O)=O. The summed E-state index contributed by atoms with van der Waals surface area (Å²) in [5.41, 5.74) is 2.25. The van der Waals surface area contributed by atoms with Gasteiger partial charge in [-0.1, -0.05) is 12.6 Å². The topological polar surface area (TPSA) is 101 Å². The molecule has 2 heterocycles. The second-order valence-electron chi connectivity index (χ2n) is 10.0. The number of hydrogen-bond acceptors (Lipinski definition) is 6. The molecule has 2 bridgehead atoms. The number of piperidine rings is 1. The van der Waals surface area contributed by atoms with E-state index in [1.165, 1.54) is 24.9 Å². The van der Waals surface area contributed by atoms with Crippen LogP contribution in [0, 0.1) is 5.92 Å². The number of likely N-dealkylation sites (N-methyl/N-ethyl adjacent to an activating group) is 1. The first-order valence-corrected chi connectivity index (χ1v) is 11.7. The van der Waals surface area contributed by atoms with Crippen LogP contribution in [0.1, 0.15) is 43.2 Å². The third-order valence-corrected chi connectivity index (χ3v) is 8.43. The molecule has 1 saturated heterocycles. The van der Waals surface area contributed by atoms with Crippen LogP contribution in [-0.4, -0.2) is 65.2 Å². The van der Waals surface area contributed by atoms with Crippen molar-refractivity contribution in [3.05, 3.63) is 35.4 Å². The van der Waals surface area contributed by atoms with Crippen LogP contribution in [0.4, 0.5) is 0 Å². The second kappa shape index (κ2) is 6.31. The molecule has 30 heavy (non-hydrogen) atoms. The van der Waals surface area contributed by atoms with Gasteiger partial charge in [-0.3, -0.25) is 0 Å². The summed E-state index contributed by atoms with van der Waals surface area (Å²) in [6.45, 7) is 6.57. The number of ether oxygens (including phenoxy) is 1. The molecule has 0 radical (unpaired) electrons. The van der Waals surface area contributed by atoms with Crippen LogP contribution in [0.25, 0.3) is 0 Å². The first-order valence-electron chi connectivity index (χ1n) is 10.7. The van der Waals surface area contributed by atoms with E-state index in [0.29, 0.717) is 5.75 Å². The first kappa shape index (κ1) is 20.0. The molecule has 1 spiro atoms. The quantitative estimate of drug-likeness (QED) is 0.542. The smallest absolute Gasteiger partial charge is 0.425 e. The Bertz CT molecular complexity index is 1040. The zero-order chi connectivity index (χ0) is 21.5. The average Bonchev–Trinajstić information content (AvgIpc) is 3.39. The number of phenols is 1. The molecule has 2 saturated carbocycles. The molecule has 3 fully saturated rings. The van der Waals surface area contributed by atoms with Crippen LogP contribution >= 0.6 is 0 Å². The van der Waals surface area contributed by atoms with Crippen LogP contribution in [0.2, 0.25) is 0 Å². The van der Waals surface area contributed by atoms with E-state index in [1.54, 1.807) is 6.07 Å². The van der Waals surface area contributed by atoms with Gasteiger partial charge >= 0.3 is 10.6 Å². The summed E-state index contributed by atoms with van der Waals surface area (Å²) in [4.78, 5) is 0. The Kier molecular flexibility index (Phi) is 4.21. The monoisotopic (exact) mass is 434 g/mol. The largest absolute Gasteiger partial charge is 0.504 e. The summed E-state index contributed by atoms with van der Waals surface area (Å²) in [6.07, 6.45) is 5.88. The zero-order valence-electron chi connectivity index (χ0n) is 17.1. The molecule has 1 aromatic carbocycles. The fourth-order valence-electron chi connectivity index (χ4n) is 7.07. The summed E-state index contributed by atoms with van der Waals surface area (Å²) in [7, 11) is -0.742. The molecule has 6 rings (SSSR count). The van der Waals surface area contributed by atoms with E-state index in [-0.39, 0.29) is 17.9 Å². The van der Waals surface area contributed by atoms with Gasteiger partial charge in [-0.25, -0.2) is 0 Å². The fourth-order valence-corrected chi connectivity index (χ4v) is 7.07. The number of likely N-dealkylation sites (tertiary alicyclic amines) is 1. The van der Waals surface area contributed by atoms with Gasteiger partial charge in [0.2, 0.25) is 0 Å². The maximum atomic E-state index is 12.3. The molecule has 2 aliphatic heterocycles. The van der Waals surface area contributed by atoms with E-state index in [1.807, 2.05) is 0 Å². The minimum absolute atomic E-state index is 0.194. The lowest BCUT2D eigenvalue weighted by molar-refractivity contribution is -0.950. The van der Waals surface area contributed by atoms with E-state index in [2.05, 4.69) is 19.7 Å². The van der Waals surface area contributed by atoms with Crippen LogP contribution in [0.15, 0.2) is 24.3 Å². The Hall–Kier alpha value is -1.90. The Morgan fingerprint density at radius 1 is 1.27 bits per heavy atom. The normalized spacial score (nSPS) is 40.0. The molecular weight excluding hydrogens is 406 g/mol. The van der Waals surface area contributed by atoms with E-state index >= 15 is 0 Å². The van der Waals surface area contributed by atoms with Gasteiger partial charge in [0, 0.05) is 24.3 Å². The van der Waals surface area contributed by atoms with Crippen molar-refractivity contribution in [1.29, 1.82) is 0 Å². The van der Waals surface area contributed by atoms with Gasteiger partial charge in [0.05, 0.1) is 25.6 Å². The number of rotatable bonds is 2. The lowest BCUT2D eigenvalue weighted by Gasteiger charge is -2.65. The maximum Gasteiger partial charge on any atom is 0.425 e. The van der Waals surface area contributed by atoms with Gasteiger partial charge in [0.25, 0.3) is 0 Å². The van der Waals surface area contributed by atoms with Crippen LogP contribution < -0.4 is 4.74 Å². The van der Waals surface area contributed by atoms with Crippen molar-refractivity contribution in [3.63, 3.8) is 0 Å². The summed E-state index contributed by atoms with van der Waals surface area (Å²) >= 11 is 0. The molecule has 162 valence electrons. The lowest BCUT2D eigenvalue weighted by atomic mass is 9.48. The fraction of sp³-hybridized carbons (Fsp3) is 0.636. The number of hydrogen-bond donors (Lipinski definition) is 2. The molecule has 1 unspecified atom stereocenters. The molecular formula is C22H28NO6S+. The molecule has 5 aliphatic rings. The number of phenolic OH excluding ortho intramolecular Hbond substituents is 1. The average molecular weight is 435 g/mol. The highest BCUT2D eigenvalue weighted by Crippen LogP contribution is 2.67. The van der Waals surface area contributed by atoms with Gasteiger partial charge in [0.15, 0.2) is 11.5 Å². The summed E-state index contributed by atoms with van der Waals surface area (Å²) < 4.78 is 32.6. The maximum absolute atomic E-state index is 12.3. The number of aliphatic hydroxyl groups is 1. The van der Waals surface area contributed by atoms with Crippen molar-refractivity contribution in [1.82, 2.24) is 0 Å². The van der Waals surface area contributed by atoms with Crippen molar-refractivity contribution in [2.24, 2.45) is 5.92 Å². The molecule has 8 heteroatoms. The van der Waals surface area contributed by atoms with Gasteiger partial charge in [-0.05, 0) is 42.9 Å². The molecule has 1 aromatic rings. The minimum atomic E-state index is -3.11. The second-order valence-corrected chi connectivity index (χ2v) is 10.4. The van der Waals surface area contributed by atoms with E-state index in [9.17, 15) is 10.2 Å². The van der Waals surface area contributed by atoms with Crippen LogP contribution in [0.3, 0.4) is 0 Å². The van der Waals surface area contributed by atoms with Crippen molar-refractivity contribution in [2.45, 2.75) is 61.7 Å². The highest BCUT2D eigenvalue weighted by molar-refractivity contribution is 7.59. The van der Waals surface area contributed by atoms with E-state index in [4.69, 9.17) is 17.4 Å². The zero-order valence-corrected chi connectivity index (χ0v) is 18.0. The van der Waals surface area contributed by atoms with Gasteiger partial charge in [-0.15, -0.1) is 12.6 Å². The number of nitrogens with zero attached hydrogens (tertiary/aromatic N) is 1. The van der Waals surface area contributed by atoms with Gasteiger partial charge in [-0.2, -0.15) is 0 Å². The molecule has 7 nitrogen and oxygen atoms in total. The Morgan fingerprint density at radius 2 is 1.97 bits per heavy atom. The predicted octanol–water partition coefficient (Wildman–Crippen LogP) is 1.65. The van der Waals surface area contributed by atoms with Crippen molar-refractivity contribution < 1.29 is 32.1 Å². The van der Waals surface area contributed by atoms with Gasteiger partial charge in [0.1, 0.15) is 17.7 Å². The van der Waals surface area contributed by atoms with Crippen molar-refractivity contribution in [3.8, 4) is 11.5 Å². The number of quaternary nitrogens is 1. The number of aromatic hydroxyl groups is 1. The summed E-state index contributed by atoms with van der Waals surface area (Å²) in [5.74, 6) is 1.66. The third kappa shape index (κ3) is 2.50. The molecule has 2 N–H and O–H groups in total. The van der Waals surface area contributed by atoms with Crippen LogP contribution in [0.5, 0.6) is 11.5 Å². The Labute approximate surface area is 177 Å². The predicted molar refractivity (Wildman–Crippen MR) is 108 cm³/mol. The third-order valence-electron chi connectivity index (χ3n) is 8.43. The lowest BCUT2D eigenvalue weighted by Crippen LogP contribution is -2.80. The Morgan fingerprint density at radius 3 is 2.63 bits per heavy atom. The van der Waals surface area contributed by atoms with Crippen molar-refractivity contribution >= 4 is 10.6 Å². The van der Waals surface area contributed by atoms with Crippen LogP contribution in [-0.2, 0) is 22.4 Å². The summed E-state index contributed by atoms with van der Waals surface area (Å²) in [6, 6.07) is 4.05. The number of benzene rings is 1. The highest BCUT2D eigenvalue weighted by atomic mass is 32.2. The Balaban J connectivity index is 0.000000446. The highest BCUT2D eigenvalue weighted by Gasteiger charge is 2.75. The van der Waals surface area contributed by atoms with Crippen molar-refractivity contribution in [2.75, 3.05) is 20.1 Å². The standard InChI is InChI=1S/C22H27NO3.O3S/c1-13-7-8-22(25)17-11-15-5-6-16(24)19-18(15)21(22,20(13)26-19)9-10-23(17,2)12-14-3-4-14;1-4(2)3/h5-6,14,17,20,25H,1,3-4,7-12H2,2H3;/p+1/t17-,20+,21+,22-,23?;/m1./s1. The van der Waals surface area contributed by atoms with E-state index < -0.39 is 21.6 Å². The molecule has 3 aliphatic carbocycles. The molecule has 0 aromatic heterocycles. The minimum Gasteiger partial charge on any atom is -0.504 e. The molecule has 0 amide bonds. The molecule has 5 atom stereocenters. The van der Waals surface area contributed by atoms with E-state index in [0.717, 1.165) is 53.8 Å².